The fourth-order valence-electron chi connectivity index (χ4n) is 4.19. The number of aryl methyl sites for hydroxylation is 2. The largest absolute Gasteiger partial charge is 0.346 e. The summed E-state index contributed by atoms with van der Waals surface area (Å²) < 4.78 is 27.2. The van der Waals surface area contributed by atoms with Crippen molar-refractivity contribution in [3.63, 3.8) is 0 Å². The van der Waals surface area contributed by atoms with Gasteiger partial charge in [-0.2, -0.15) is 4.31 Å². The average Bonchev–Trinajstić information content (AvgIpc) is 3.09. The average molecular weight is 471 g/mol. The third kappa shape index (κ3) is 5.52. The summed E-state index contributed by atoms with van der Waals surface area (Å²) in [5.41, 5.74) is 4.80. The standard InChI is InChI=1S/C23H30N6O3S/c1-17-7-8-20(15-24-17)26-23(30)25-14-19-6-4-5-18-13-21(27(2)22(18)19)16-28-9-11-29(12-10-28)33(3,31)32/h4-8,13,15H,9-12,14,16H2,1-3H3,(H2,25,26,30). The number of anilines is 1. The van der Waals surface area contributed by atoms with Crippen LogP contribution in [0.15, 0.2) is 42.6 Å². The van der Waals surface area contributed by atoms with Gasteiger partial charge in [0.2, 0.25) is 10.0 Å². The van der Waals surface area contributed by atoms with Crippen molar-refractivity contribution >= 4 is 32.6 Å². The lowest BCUT2D eigenvalue weighted by Crippen LogP contribution is -2.47. The van der Waals surface area contributed by atoms with E-state index in [0.717, 1.165) is 34.4 Å². The zero-order valence-electron chi connectivity index (χ0n) is 19.2. The van der Waals surface area contributed by atoms with Crippen LogP contribution in [0.5, 0.6) is 0 Å². The van der Waals surface area contributed by atoms with Crippen molar-refractivity contribution in [3.8, 4) is 0 Å². The molecule has 0 aliphatic carbocycles. The maximum absolute atomic E-state index is 12.3. The Hall–Kier alpha value is -2.95. The fraction of sp³-hybridized carbons (Fsp3) is 0.391. The first-order chi connectivity index (χ1) is 15.7. The van der Waals surface area contributed by atoms with Crippen LogP contribution in [-0.2, 0) is 30.2 Å². The van der Waals surface area contributed by atoms with Crippen LogP contribution < -0.4 is 10.6 Å². The second kappa shape index (κ2) is 9.50. The van der Waals surface area contributed by atoms with Gasteiger partial charge < -0.3 is 15.2 Å². The van der Waals surface area contributed by atoms with E-state index < -0.39 is 10.0 Å². The lowest BCUT2D eigenvalue weighted by atomic mass is 10.1. The minimum Gasteiger partial charge on any atom is -0.346 e. The lowest BCUT2D eigenvalue weighted by Gasteiger charge is -2.33. The Labute approximate surface area is 194 Å². The van der Waals surface area contributed by atoms with Crippen molar-refractivity contribution in [2.45, 2.75) is 20.0 Å². The van der Waals surface area contributed by atoms with Gasteiger partial charge in [0.25, 0.3) is 0 Å². The molecule has 1 aromatic carbocycles. The number of nitrogens with one attached hydrogen (secondary N) is 2. The Morgan fingerprint density at radius 3 is 2.55 bits per heavy atom. The molecule has 0 spiro atoms. The Kier molecular flexibility index (Phi) is 6.68. The first kappa shape index (κ1) is 23.2. The minimum absolute atomic E-state index is 0.282. The monoisotopic (exact) mass is 470 g/mol. The highest BCUT2D eigenvalue weighted by molar-refractivity contribution is 7.88. The number of aromatic nitrogens is 2. The molecule has 0 unspecified atom stereocenters. The number of benzene rings is 1. The van der Waals surface area contributed by atoms with Gasteiger partial charge in [-0.15, -0.1) is 0 Å². The van der Waals surface area contributed by atoms with Gasteiger partial charge in [0.15, 0.2) is 0 Å². The molecule has 0 saturated carbocycles. The van der Waals surface area contributed by atoms with Crippen LogP contribution in [0, 0.1) is 6.92 Å². The zero-order valence-corrected chi connectivity index (χ0v) is 20.0. The van der Waals surface area contributed by atoms with Crippen molar-refractivity contribution < 1.29 is 13.2 Å². The van der Waals surface area contributed by atoms with E-state index in [-0.39, 0.29) is 6.03 Å². The van der Waals surface area contributed by atoms with Crippen LogP contribution in [-0.4, -0.2) is 65.6 Å². The van der Waals surface area contributed by atoms with Gasteiger partial charge in [-0.05, 0) is 30.7 Å². The molecule has 9 nitrogen and oxygen atoms in total. The molecule has 4 rings (SSSR count). The number of amides is 2. The number of urea groups is 1. The number of piperazine rings is 1. The van der Waals surface area contributed by atoms with Crippen molar-refractivity contribution in [3.05, 3.63) is 59.5 Å². The normalized spacial score (nSPS) is 15.6. The number of hydrogen-bond acceptors (Lipinski definition) is 5. The molecule has 2 amide bonds. The highest BCUT2D eigenvalue weighted by Gasteiger charge is 2.24. The number of para-hydroxylation sites is 1. The van der Waals surface area contributed by atoms with E-state index in [4.69, 9.17) is 0 Å². The fourth-order valence-corrected chi connectivity index (χ4v) is 5.02. The summed E-state index contributed by atoms with van der Waals surface area (Å²) in [6.07, 6.45) is 2.90. The van der Waals surface area contributed by atoms with E-state index in [1.165, 1.54) is 10.6 Å². The summed E-state index contributed by atoms with van der Waals surface area (Å²) in [7, 11) is -1.10. The molecule has 1 saturated heterocycles. The van der Waals surface area contributed by atoms with Crippen LogP contribution >= 0.6 is 0 Å². The zero-order chi connectivity index (χ0) is 23.6. The number of nitrogens with zero attached hydrogens (tertiary/aromatic N) is 4. The van der Waals surface area contributed by atoms with Crippen molar-refractivity contribution in [1.82, 2.24) is 24.1 Å². The van der Waals surface area contributed by atoms with Gasteiger partial charge in [0, 0.05) is 63.1 Å². The van der Waals surface area contributed by atoms with Gasteiger partial charge in [0.1, 0.15) is 0 Å². The van der Waals surface area contributed by atoms with Gasteiger partial charge in [0.05, 0.1) is 23.7 Å². The summed E-state index contributed by atoms with van der Waals surface area (Å²) >= 11 is 0. The number of carbonyl (C=O) groups is 1. The molecule has 0 radical (unpaired) electrons. The molecule has 1 aliphatic heterocycles. The van der Waals surface area contributed by atoms with E-state index in [1.54, 1.807) is 6.20 Å². The van der Waals surface area contributed by atoms with Crippen LogP contribution in [0.25, 0.3) is 10.9 Å². The van der Waals surface area contributed by atoms with Gasteiger partial charge in [-0.25, -0.2) is 13.2 Å². The summed E-state index contributed by atoms with van der Waals surface area (Å²) in [6, 6.07) is 11.6. The molecular formula is C23H30N6O3S. The van der Waals surface area contributed by atoms with E-state index in [0.29, 0.717) is 38.4 Å². The smallest absolute Gasteiger partial charge is 0.319 e. The first-order valence-corrected chi connectivity index (χ1v) is 12.8. The Balaban J connectivity index is 1.42. The molecule has 3 aromatic rings. The molecule has 10 heteroatoms. The second-order valence-electron chi connectivity index (χ2n) is 8.48. The topological polar surface area (TPSA) is 99.6 Å². The molecule has 1 aliphatic rings. The second-order valence-corrected chi connectivity index (χ2v) is 10.5. The number of rotatable bonds is 6. The van der Waals surface area contributed by atoms with Crippen molar-refractivity contribution in [1.29, 1.82) is 0 Å². The third-order valence-electron chi connectivity index (χ3n) is 6.03. The molecule has 3 heterocycles. The molecule has 33 heavy (non-hydrogen) atoms. The van der Waals surface area contributed by atoms with E-state index >= 15 is 0 Å². The number of fused-ring (bicyclic) bond motifs is 1. The maximum atomic E-state index is 12.3. The lowest BCUT2D eigenvalue weighted by molar-refractivity contribution is 0.179. The molecular weight excluding hydrogens is 440 g/mol. The van der Waals surface area contributed by atoms with Gasteiger partial charge >= 0.3 is 6.03 Å². The van der Waals surface area contributed by atoms with Gasteiger partial charge in [-0.3, -0.25) is 9.88 Å². The minimum atomic E-state index is -3.13. The highest BCUT2D eigenvalue weighted by atomic mass is 32.2. The molecule has 176 valence electrons. The molecule has 0 bridgehead atoms. The van der Waals surface area contributed by atoms with E-state index in [9.17, 15) is 13.2 Å². The van der Waals surface area contributed by atoms with Crippen molar-refractivity contribution in [2.75, 3.05) is 37.8 Å². The number of carbonyl (C=O) groups excluding carboxylic acids is 1. The van der Waals surface area contributed by atoms with Crippen molar-refractivity contribution in [2.24, 2.45) is 7.05 Å². The summed E-state index contributed by atoms with van der Waals surface area (Å²) in [5, 5.41) is 6.85. The van der Waals surface area contributed by atoms with Crippen LogP contribution in [0.1, 0.15) is 17.0 Å². The number of pyridine rings is 1. The molecule has 1 fully saturated rings. The SMILES string of the molecule is Cc1ccc(NC(=O)NCc2cccc3cc(CN4CCN(S(C)(=O)=O)CC4)n(C)c23)cn1. The predicted molar refractivity (Wildman–Crippen MR) is 129 cm³/mol. The predicted octanol–water partition coefficient (Wildman–Crippen LogP) is 2.28. The Morgan fingerprint density at radius 2 is 1.88 bits per heavy atom. The quantitative estimate of drug-likeness (QED) is 0.576. The molecule has 0 atom stereocenters. The maximum Gasteiger partial charge on any atom is 0.319 e. The Bertz CT molecular complexity index is 1250. The van der Waals surface area contributed by atoms with E-state index in [1.807, 2.05) is 38.2 Å². The van der Waals surface area contributed by atoms with Gasteiger partial charge in [-0.1, -0.05) is 18.2 Å². The van der Waals surface area contributed by atoms with E-state index in [2.05, 4.69) is 37.2 Å². The summed E-state index contributed by atoms with van der Waals surface area (Å²) in [4.78, 5) is 18.8. The highest BCUT2D eigenvalue weighted by Crippen LogP contribution is 2.24. The molecule has 2 N–H and O–H groups in total. The number of hydrogen-bond donors (Lipinski definition) is 2. The Morgan fingerprint density at radius 1 is 1.12 bits per heavy atom. The third-order valence-corrected chi connectivity index (χ3v) is 7.34. The van der Waals surface area contributed by atoms with Crippen LogP contribution in [0.2, 0.25) is 0 Å². The summed E-state index contributed by atoms with van der Waals surface area (Å²) in [6.45, 7) is 5.48. The van der Waals surface area contributed by atoms with Crippen LogP contribution in [0.3, 0.4) is 0 Å². The van der Waals surface area contributed by atoms with Crippen LogP contribution in [0.4, 0.5) is 10.5 Å². The first-order valence-electron chi connectivity index (χ1n) is 10.9. The molecule has 2 aromatic heterocycles. The number of sulfonamides is 1. The summed E-state index contributed by atoms with van der Waals surface area (Å²) in [5.74, 6) is 0.